The highest BCUT2D eigenvalue weighted by molar-refractivity contribution is 9.10. The van der Waals surface area contributed by atoms with Crippen LogP contribution < -0.4 is 0 Å². The monoisotopic (exact) mass is 463 g/mol. The van der Waals surface area contributed by atoms with Crippen molar-refractivity contribution in [2.24, 2.45) is 0 Å². The Morgan fingerprint density at radius 3 is 2.41 bits per heavy atom. The summed E-state index contributed by atoms with van der Waals surface area (Å²) in [5.74, 6) is -0.406. The van der Waals surface area contributed by atoms with Gasteiger partial charge in [-0.1, -0.05) is 57.3 Å². The van der Waals surface area contributed by atoms with Crippen LogP contribution in [0, 0.1) is 6.92 Å². The molecule has 0 aliphatic rings. The average molecular weight is 465 g/mol. The molecule has 3 aromatic rings. The van der Waals surface area contributed by atoms with E-state index < -0.39 is 5.97 Å². The fourth-order valence-electron chi connectivity index (χ4n) is 2.76. The highest BCUT2D eigenvalue weighted by Crippen LogP contribution is 2.37. The van der Waals surface area contributed by atoms with Gasteiger partial charge in [-0.25, -0.2) is 4.79 Å². The van der Waals surface area contributed by atoms with E-state index in [1.165, 1.54) is 0 Å². The van der Waals surface area contributed by atoms with Gasteiger partial charge in [-0.05, 0) is 44.2 Å². The van der Waals surface area contributed by atoms with Crippen LogP contribution in [-0.2, 0) is 4.74 Å². The van der Waals surface area contributed by atoms with Gasteiger partial charge in [0.05, 0.1) is 23.6 Å². The zero-order valence-corrected chi connectivity index (χ0v) is 17.8. The van der Waals surface area contributed by atoms with Gasteiger partial charge in [-0.2, -0.15) is 0 Å². The number of hydrogen-bond acceptors (Lipinski definition) is 3. The molecule has 0 amide bonds. The lowest BCUT2D eigenvalue weighted by Crippen LogP contribution is -2.09. The topological polar surface area (TPSA) is 39.2 Å². The molecule has 0 saturated carbocycles. The van der Waals surface area contributed by atoms with Crippen molar-refractivity contribution in [2.45, 2.75) is 13.8 Å². The number of carbonyl (C=O) groups excluding carboxylic acids is 1. The Morgan fingerprint density at radius 1 is 1.07 bits per heavy atom. The number of benzene rings is 2. The lowest BCUT2D eigenvalue weighted by Gasteiger charge is -2.15. The van der Waals surface area contributed by atoms with Crippen molar-refractivity contribution in [3.63, 3.8) is 0 Å². The maximum atomic E-state index is 12.4. The molecule has 3 nitrogen and oxygen atoms in total. The molecule has 0 N–H and O–H groups in total. The van der Waals surface area contributed by atoms with E-state index in [4.69, 9.17) is 32.9 Å². The number of pyridine rings is 1. The molecule has 3 rings (SSSR count). The molecule has 0 fully saturated rings. The first-order valence-corrected chi connectivity index (χ1v) is 9.85. The molecule has 0 atom stereocenters. The van der Waals surface area contributed by atoms with Crippen LogP contribution in [-0.4, -0.2) is 17.6 Å². The SMILES string of the molecule is CCOC(=O)c1cc(-c2ccc(Cl)cc2Cl)c(-c2ccc(Br)cc2)nc1C. The van der Waals surface area contributed by atoms with Crippen molar-refractivity contribution < 1.29 is 9.53 Å². The molecule has 138 valence electrons. The third kappa shape index (κ3) is 4.34. The number of carbonyl (C=O) groups is 1. The molecular weight excluding hydrogens is 449 g/mol. The van der Waals surface area contributed by atoms with Gasteiger partial charge in [0.25, 0.3) is 0 Å². The Hall–Kier alpha value is -1.88. The third-order valence-corrected chi connectivity index (χ3v) is 5.12. The maximum absolute atomic E-state index is 12.4. The van der Waals surface area contributed by atoms with E-state index in [0.717, 1.165) is 26.9 Å². The van der Waals surface area contributed by atoms with E-state index in [2.05, 4.69) is 15.9 Å². The minimum absolute atomic E-state index is 0.295. The van der Waals surface area contributed by atoms with Gasteiger partial charge in [0, 0.05) is 31.2 Å². The Bertz CT molecular complexity index is 1000. The number of esters is 1. The van der Waals surface area contributed by atoms with Gasteiger partial charge in [0.1, 0.15) is 0 Å². The fraction of sp³-hybridized carbons (Fsp3) is 0.143. The molecular formula is C21H16BrCl2NO2. The third-order valence-electron chi connectivity index (χ3n) is 4.05. The quantitative estimate of drug-likeness (QED) is 0.391. The summed E-state index contributed by atoms with van der Waals surface area (Å²) in [7, 11) is 0. The average Bonchev–Trinajstić information content (AvgIpc) is 2.63. The maximum Gasteiger partial charge on any atom is 0.339 e. The summed E-state index contributed by atoms with van der Waals surface area (Å²) < 4.78 is 6.14. The van der Waals surface area contributed by atoms with Crippen molar-refractivity contribution in [1.29, 1.82) is 0 Å². The van der Waals surface area contributed by atoms with Crippen molar-refractivity contribution >= 4 is 45.1 Å². The largest absolute Gasteiger partial charge is 0.462 e. The fourth-order valence-corrected chi connectivity index (χ4v) is 3.54. The standard InChI is InChI=1S/C21H16BrCl2NO2/c1-3-27-21(26)17-11-18(16-9-8-15(23)10-19(16)24)20(25-12(17)2)13-4-6-14(22)7-5-13/h4-11H,3H2,1-2H3. The van der Waals surface area contributed by atoms with E-state index in [-0.39, 0.29) is 0 Å². The van der Waals surface area contributed by atoms with Crippen molar-refractivity contribution in [3.05, 3.63) is 74.3 Å². The molecule has 0 aliphatic heterocycles. The summed E-state index contributed by atoms with van der Waals surface area (Å²) in [6.45, 7) is 3.86. The van der Waals surface area contributed by atoms with Gasteiger partial charge < -0.3 is 4.74 Å². The minimum atomic E-state index is -0.406. The van der Waals surface area contributed by atoms with Crippen molar-refractivity contribution in [2.75, 3.05) is 6.61 Å². The molecule has 1 heterocycles. The summed E-state index contributed by atoms with van der Waals surface area (Å²) >= 11 is 15.9. The summed E-state index contributed by atoms with van der Waals surface area (Å²) in [6, 6.07) is 14.9. The molecule has 2 aromatic carbocycles. The first-order chi connectivity index (χ1) is 12.9. The molecule has 6 heteroatoms. The normalized spacial score (nSPS) is 10.7. The van der Waals surface area contributed by atoms with Crippen LogP contribution in [0.1, 0.15) is 23.0 Å². The number of nitrogens with zero attached hydrogens (tertiary/aromatic N) is 1. The summed E-state index contributed by atoms with van der Waals surface area (Å²) in [4.78, 5) is 17.1. The molecule has 1 aromatic heterocycles. The first-order valence-electron chi connectivity index (χ1n) is 8.30. The second kappa shape index (κ2) is 8.42. The Labute approximate surface area is 176 Å². The van der Waals surface area contributed by atoms with Crippen LogP contribution in [0.5, 0.6) is 0 Å². The zero-order chi connectivity index (χ0) is 19.6. The van der Waals surface area contributed by atoms with Crippen LogP contribution in [0.3, 0.4) is 0 Å². The van der Waals surface area contributed by atoms with Gasteiger partial charge >= 0.3 is 5.97 Å². The number of ether oxygens (including phenoxy) is 1. The minimum Gasteiger partial charge on any atom is -0.462 e. The number of aromatic nitrogens is 1. The summed E-state index contributed by atoms with van der Waals surface area (Å²) in [6.07, 6.45) is 0. The summed E-state index contributed by atoms with van der Waals surface area (Å²) in [5.41, 5.74) is 4.15. The number of rotatable bonds is 4. The Balaban J connectivity index is 2.27. The molecule has 0 bridgehead atoms. The van der Waals surface area contributed by atoms with Gasteiger partial charge in [0.15, 0.2) is 0 Å². The van der Waals surface area contributed by atoms with E-state index in [1.807, 2.05) is 30.3 Å². The number of hydrogen-bond donors (Lipinski definition) is 0. The second-order valence-corrected chi connectivity index (χ2v) is 7.63. The van der Waals surface area contributed by atoms with Crippen LogP contribution in [0.15, 0.2) is 53.0 Å². The highest BCUT2D eigenvalue weighted by atomic mass is 79.9. The van der Waals surface area contributed by atoms with Crippen LogP contribution >= 0.6 is 39.1 Å². The Morgan fingerprint density at radius 2 is 1.78 bits per heavy atom. The van der Waals surface area contributed by atoms with Crippen molar-refractivity contribution in [3.8, 4) is 22.4 Å². The van der Waals surface area contributed by atoms with E-state index in [0.29, 0.717) is 27.9 Å². The first kappa shape index (κ1) is 19.9. The Kier molecular flexibility index (Phi) is 6.20. The van der Waals surface area contributed by atoms with Crippen molar-refractivity contribution in [1.82, 2.24) is 4.98 Å². The van der Waals surface area contributed by atoms with E-state index >= 15 is 0 Å². The predicted molar refractivity (Wildman–Crippen MR) is 114 cm³/mol. The molecule has 0 unspecified atom stereocenters. The van der Waals surface area contributed by atoms with Gasteiger partial charge in [-0.3, -0.25) is 4.98 Å². The lowest BCUT2D eigenvalue weighted by molar-refractivity contribution is 0.0525. The second-order valence-electron chi connectivity index (χ2n) is 5.87. The van der Waals surface area contributed by atoms with E-state index in [9.17, 15) is 4.79 Å². The molecule has 0 spiro atoms. The lowest BCUT2D eigenvalue weighted by atomic mass is 9.96. The zero-order valence-electron chi connectivity index (χ0n) is 14.7. The van der Waals surface area contributed by atoms with E-state index in [1.54, 1.807) is 32.0 Å². The van der Waals surface area contributed by atoms with Crippen LogP contribution in [0.4, 0.5) is 0 Å². The van der Waals surface area contributed by atoms with Crippen LogP contribution in [0.2, 0.25) is 10.0 Å². The highest BCUT2D eigenvalue weighted by Gasteiger charge is 2.19. The number of aryl methyl sites for hydroxylation is 1. The summed E-state index contributed by atoms with van der Waals surface area (Å²) in [5, 5.41) is 1.03. The molecule has 0 aliphatic carbocycles. The van der Waals surface area contributed by atoms with Gasteiger partial charge in [0.2, 0.25) is 0 Å². The number of halogens is 3. The molecule has 27 heavy (non-hydrogen) atoms. The molecule has 0 saturated heterocycles. The van der Waals surface area contributed by atoms with Crippen LogP contribution in [0.25, 0.3) is 22.4 Å². The smallest absolute Gasteiger partial charge is 0.339 e. The predicted octanol–water partition coefficient (Wildman–Crippen LogP) is 6.97. The van der Waals surface area contributed by atoms with Gasteiger partial charge in [-0.15, -0.1) is 0 Å². The molecule has 0 radical (unpaired) electrons.